The van der Waals surface area contributed by atoms with E-state index in [0.717, 1.165) is 19.0 Å². The second-order valence-corrected chi connectivity index (χ2v) is 5.33. The summed E-state index contributed by atoms with van der Waals surface area (Å²) in [6, 6.07) is 0. The zero-order chi connectivity index (χ0) is 11.6. The smallest absolute Gasteiger partial charge is 0.0104 e. The van der Waals surface area contributed by atoms with E-state index >= 15 is 0 Å². The molecular weight excluding hydrogens is 196 g/mol. The Labute approximate surface area is 102 Å². The highest BCUT2D eigenvalue weighted by molar-refractivity contribution is 4.67. The fourth-order valence-electron chi connectivity index (χ4n) is 2.70. The quantitative estimate of drug-likeness (QED) is 0.701. The first kappa shape index (κ1) is 14.0. The Morgan fingerprint density at radius 3 is 2.31 bits per heavy atom. The lowest BCUT2D eigenvalue weighted by molar-refractivity contribution is 0.244. The third-order valence-corrected chi connectivity index (χ3v) is 3.71. The van der Waals surface area contributed by atoms with Gasteiger partial charge in [0.15, 0.2) is 0 Å². The van der Waals surface area contributed by atoms with Gasteiger partial charge in [0.25, 0.3) is 0 Å². The van der Waals surface area contributed by atoms with E-state index in [4.69, 9.17) is 0 Å². The second-order valence-electron chi connectivity index (χ2n) is 5.33. The number of nitrogens with one attached hydrogen (secondary N) is 1. The van der Waals surface area contributed by atoms with Gasteiger partial charge in [0.1, 0.15) is 0 Å². The van der Waals surface area contributed by atoms with Gasteiger partial charge in [-0.15, -0.1) is 0 Å². The van der Waals surface area contributed by atoms with E-state index in [0.29, 0.717) is 0 Å². The van der Waals surface area contributed by atoms with Crippen LogP contribution in [-0.4, -0.2) is 38.1 Å². The topological polar surface area (TPSA) is 15.3 Å². The van der Waals surface area contributed by atoms with Crippen molar-refractivity contribution in [3.05, 3.63) is 0 Å². The zero-order valence-corrected chi connectivity index (χ0v) is 11.3. The zero-order valence-electron chi connectivity index (χ0n) is 11.3. The van der Waals surface area contributed by atoms with Crippen molar-refractivity contribution in [3.63, 3.8) is 0 Å². The van der Waals surface area contributed by atoms with E-state index in [1.165, 1.54) is 58.0 Å². The molecule has 0 heterocycles. The summed E-state index contributed by atoms with van der Waals surface area (Å²) in [5.74, 6) is 0.965. The average molecular weight is 226 g/mol. The van der Waals surface area contributed by atoms with Gasteiger partial charge in [0.2, 0.25) is 0 Å². The molecule has 1 fully saturated rings. The monoisotopic (exact) mass is 226 g/mol. The summed E-state index contributed by atoms with van der Waals surface area (Å²) in [5, 5.41) is 3.40. The second kappa shape index (κ2) is 9.00. The summed E-state index contributed by atoms with van der Waals surface area (Å²) in [5.41, 5.74) is 0. The number of hydrogen-bond donors (Lipinski definition) is 1. The minimum Gasteiger partial charge on any atom is -0.316 e. The van der Waals surface area contributed by atoms with Crippen LogP contribution in [0.4, 0.5) is 0 Å². The summed E-state index contributed by atoms with van der Waals surface area (Å²) in [6.45, 7) is 6.92. The Bertz CT molecular complexity index is 151. The molecule has 1 saturated carbocycles. The van der Waals surface area contributed by atoms with Gasteiger partial charge in [-0.05, 0) is 32.4 Å². The van der Waals surface area contributed by atoms with Crippen LogP contribution >= 0.6 is 0 Å². The van der Waals surface area contributed by atoms with Crippen LogP contribution < -0.4 is 5.32 Å². The molecule has 0 saturated heterocycles. The van der Waals surface area contributed by atoms with Crippen LogP contribution in [0.2, 0.25) is 0 Å². The van der Waals surface area contributed by atoms with Crippen LogP contribution in [0.3, 0.4) is 0 Å². The van der Waals surface area contributed by atoms with Crippen LogP contribution in [0.5, 0.6) is 0 Å². The summed E-state index contributed by atoms with van der Waals surface area (Å²) >= 11 is 0. The van der Waals surface area contributed by atoms with Crippen molar-refractivity contribution in [1.29, 1.82) is 0 Å². The van der Waals surface area contributed by atoms with Crippen molar-refractivity contribution in [3.8, 4) is 0 Å². The van der Waals surface area contributed by atoms with Crippen LogP contribution in [0.25, 0.3) is 0 Å². The Morgan fingerprint density at radius 2 is 1.69 bits per heavy atom. The lowest BCUT2D eigenvalue weighted by atomic mass is 9.91. The Morgan fingerprint density at radius 1 is 1.06 bits per heavy atom. The maximum atomic E-state index is 3.40. The first-order valence-corrected chi connectivity index (χ1v) is 7.22. The van der Waals surface area contributed by atoms with Crippen molar-refractivity contribution in [1.82, 2.24) is 10.2 Å². The molecule has 0 bridgehead atoms. The molecule has 1 rings (SSSR count). The normalized spacial score (nSPS) is 19.7. The van der Waals surface area contributed by atoms with Gasteiger partial charge < -0.3 is 10.2 Å². The van der Waals surface area contributed by atoms with E-state index in [2.05, 4.69) is 24.2 Å². The first-order chi connectivity index (χ1) is 7.83. The molecule has 0 aliphatic heterocycles. The number of rotatable bonds is 6. The molecule has 0 spiro atoms. The van der Waals surface area contributed by atoms with Gasteiger partial charge in [-0.1, -0.05) is 39.0 Å². The van der Waals surface area contributed by atoms with E-state index in [-0.39, 0.29) is 0 Å². The SMILES string of the molecule is CCNCCN(C)CC1CCCCCCC1. The van der Waals surface area contributed by atoms with Crippen molar-refractivity contribution in [2.24, 2.45) is 5.92 Å². The predicted octanol–water partition coefficient (Wildman–Crippen LogP) is 2.89. The molecule has 0 aromatic heterocycles. The molecule has 0 unspecified atom stereocenters. The molecule has 1 N–H and O–H groups in total. The summed E-state index contributed by atoms with van der Waals surface area (Å²) in [6.07, 6.45) is 10.3. The molecule has 2 heteroatoms. The van der Waals surface area contributed by atoms with Gasteiger partial charge in [0.05, 0.1) is 0 Å². The molecule has 96 valence electrons. The van der Waals surface area contributed by atoms with Gasteiger partial charge in [0, 0.05) is 19.6 Å². The van der Waals surface area contributed by atoms with E-state index in [1.807, 2.05) is 0 Å². The lowest BCUT2D eigenvalue weighted by Crippen LogP contribution is -2.33. The van der Waals surface area contributed by atoms with Gasteiger partial charge in [-0.2, -0.15) is 0 Å². The number of nitrogens with zero attached hydrogens (tertiary/aromatic N) is 1. The van der Waals surface area contributed by atoms with Crippen molar-refractivity contribution in [2.45, 2.75) is 51.9 Å². The standard InChI is InChI=1S/C14H30N2/c1-3-15-11-12-16(2)13-14-9-7-5-4-6-8-10-14/h14-15H,3-13H2,1-2H3. The van der Waals surface area contributed by atoms with Crippen molar-refractivity contribution >= 4 is 0 Å². The highest BCUT2D eigenvalue weighted by Crippen LogP contribution is 2.22. The highest BCUT2D eigenvalue weighted by Gasteiger charge is 2.13. The average Bonchev–Trinajstić information content (AvgIpc) is 2.22. The maximum Gasteiger partial charge on any atom is 0.0104 e. The summed E-state index contributed by atoms with van der Waals surface area (Å²) < 4.78 is 0. The molecular formula is C14H30N2. The molecule has 16 heavy (non-hydrogen) atoms. The van der Waals surface area contributed by atoms with E-state index in [9.17, 15) is 0 Å². The molecule has 0 aromatic carbocycles. The minimum atomic E-state index is 0.965. The Kier molecular flexibility index (Phi) is 7.87. The minimum absolute atomic E-state index is 0.965. The summed E-state index contributed by atoms with van der Waals surface area (Å²) in [4.78, 5) is 2.51. The molecule has 0 radical (unpaired) electrons. The lowest BCUT2D eigenvalue weighted by Gasteiger charge is -2.25. The molecule has 2 nitrogen and oxygen atoms in total. The maximum absolute atomic E-state index is 3.40. The number of likely N-dealkylation sites (N-methyl/N-ethyl adjacent to an activating group) is 2. The Hall–Kier alpha value is -0.0800. The Balaban J connectivity index is 2.12. The molecule has 1 aliphatic carbocycles. The third kappa shape index (κ3) is 6.49. The number of hydrogen-bond acceptors (Lipinski definition) is 2. The van der Waals surface area contributed by atoms with Crippen LogP contribution in [0.1, 0.15) is 51.9 Å². The van der Waals surface area contributed by atoms with E-state index < -0.39 is 0 Å². The fraction of sp³-hybridized carbons (Fsp3) is 1.00. The summed E-state index contributed by atoms with van der Waals surface area (Å²) in [7, 11) is 2.27. The first-order valence-electron chi connectivity index (χ1n) is 7.22. The van der Waals surface area contributed by atoms with Crippen molar-refractivity contribution < 1.29 is 0 Å². The third-order valence-electron chi connectivity index (χ3n) is 3.71. The molecule has 0 amide bonds. The van der Waals surface area contributed by atoms with Crippen LogP contribution in [-0.2, 0) is 0 Å². The van der Waals surface area contributed by atoms with Crippen LogP contribution in [0.15, 0.2) is 0 Å². The van der Waals surface area contributed by atoms with Crippen LogP contribution in [0, 0.1) is 5.92 Å². The highest BCUT2D eigenvalue weighted by atomic mass is 15.1. The molecule has 0 atom stereocenters. The van der Waals surface area contributed by atoms with Gasteiger partial charge in [-0.3, -0.25) is 0 Å². The van der Waals surface area contributed by atoms with E-state index in [1.54, 1.807) is 0 Å². The largest absolute Gasteiger partial charge is 0.316 e. The van der Waals surface area contributed by atoms with Crippen molar-refractivity contribution in [2.75, 3.05) is 33.2 Å². The molecule has 0 aromatic rings. The van der Waals surface area contributed by atoms with Gasteiger partial charge >= 0.3 is 0 Å². The van der Waals surface area contributed by atoms with Gasteiger partial charge in [-0.25, -0.2) is 0 Å². The fourth-order valence-corrected chi connectivity index (χ4v) is 2.70. The predicted molar refractivity (Wildman–Crippen MR) is 71.8 cm³/mol. The molecule has 1 aliphatic rings.